The van der Waals surface area contributed by atoms with E-state index in [1.54, 1.807) is 29.0 Å². The summed E-state index contributed by atoms with van der Waals surface area (Å²) in [6.45, 7) is 0.470. The van der Waals surface area contributed by atoms with Gasteiger partial charge >= 0.3 is 0 Å². The van der Waals surface area contributed by atoms with Crippen LogP contribution in [-0.4, -0.2) is 25.8 Å². The molecule has 0 aliphatic rings. The van der Waals surface area contributed by atoms with Crippen LogP contribution in [0.15, 0.2) is 53.8 Å². The van der Waals surface area contributed by atoms with Gasteiger partial charge in [-0.1, -0.05) is 23.7 Å². The Balaban J connectivity index is 1.92. The highest BCUT2D eigenvalue weighted by Gasteiger charge is 2.23. The zero-order valence-corrected chi connectivity index (χ0v) is 17.4. The third-order valence-electron chi connectivity index (χ3n) is 4.47. The van der Waals surface area contributed by atoms with Crippen molar-refractivity contribution in [1.82, 2.24) is 19.6 Å². The third-order valence-corrected chi connectivity index (χ3v) is 5.41. The van der Waals surface area contributed by atoms with Gasteiger partial charge in [0.05, 0.1) is 5.69 Å². The molecule has 0 saturated carbocycles. The number of thioether (sulfide) groups is 1. The van der Waals surface area contributed by atoms with Gasteiger partial charge in [0, 0.05) is 29.5 Å². The summed E-state index contributed by atoms with van der Waals surface area (Å²) in [6, 6.07) is 15.3. The lowest BCUT2D eigenvalue weighted by Gasteiger charge is -2.10. The van der Waals surface area contributed by atoms with Gasteiger partial charge in [0.1, 0.15) is 28.3 Å². The van der Waals surface area contributed by atoms with Crippen molar-refractivity contribution in [2.75, 3.05) is 11.6 Å². The quantitative estimate of drug-likeness (QED) is 0.366. The summed E-state index contributed by atoms with van der Waals surface area (Å²) in [7, 11) is 0. The van der Waals surface area contributed by atoms with Crippen LogP contribution in [0, 0.1) is 22.7 Å². The summed E-state index contributed by atoms with van der Waals surface area (Å²) in [5.74, 6) is 0.402. The fraction of sp³-hybridized carbons (Fsp3) is 0.0952. The zero-order chi connectivity index (χ0) is 21.1. The first kappa shape index (κ1) is 19.7. The molecule has 0 spiro atoms. The van der Waals surface area contributed by atoms with E-state index in [0.29, 0.717) is 44.9 Å². The van der Waals surface area contributed by atoms with E-state index in [1.165, 1.54) is 11.8 Å². The molecule has 4 rings (SSSR count). The monoisotopic (exact) mass is 431 g/mol. The molecule has 9 heteroatoms. The molecule has 0 saturated heterocycles. The zero-order valence-electron chi connectivity index (χ0n) is 15.8. The summed E-state index contributed by atoms with van der Waals surface area (Å²) in [4.78, 5) is 8.56. The van der Waals surface area contributed by atoms with E-state index in [0.717, 1.165) is 11.1 Å². The van der Waals surface area contributed by atoms with Crippen LogP contribution >= 0.6 is 23.4 Å². The van der Waals surface area contributed by atoms with Crippen molar-refractivity contribution in [1.29, 1.82) is 10.5 Å². The molecule has 0 fully saturated rings. The molecule has 0 atom stereocenters. The number of hydrogen-bond donors (Lipinski definition) is 1. The molecule has 0 aliphatic carbocycles. The SMILES string of the molecule is CSc1nc2c(C#N)c(NCc3ccncc3)nn2c(-c2ccc(Cl)cc2)c1C#N. The molecule has 0 radical (unpaired) electrons. The average Bonchev–Trinajstić information content (AvgIpc) is 3.14. The predicted octanol–water partition coefficient (Wildman–Crippen LogP) is 4.52. The first-order chi connectivity index (χ1) is 14.7. The number of nitrogens with zero attached hydrogens (tertiary/aromatic N) is 6. The lowest BCUT2D eigenvalue weighted by Crippen LogP contribution is -2.04. The second-order valence-electron chi connectivity index (χ2n) is 6.24. The maximum absolute atomic E-state index is 9.83. The fourth-order valence-electron chi connectivity index (χ4n) is 3.06. The normalized spacial score (nSPS) is 10.5. The Morgan fingerprint density at radius 2 is 1.77 bits per heavy atom. The molecular weight excluding hydrogens is 418 g/mol. The number of benzene rings is 1. The second kappa shape index (κ2) is 8.42. The average molecular weight is 432 g/mol. The van der Waals surface area contributed by atoms with Crippen LogP contribution in [0.4, 0.5) is 5.82 Å². The van der Waals surface area contributed by atoms with E-state index in [9.17, 15) is 10.5 Å². The Hall–Kier alpha value is -3.59. The van der Waals surface area contributed by atoms with Gasteiger partial charge in [0.15, 0.2) is 11.5 Å². The molecule has 1 N–H and O–H groups in total. The second-order valence-corrected chi connectivity index (χ2v) is 7.47. The van der Waals surface area contributed by atoms with Crippen LogP contribution in [0.3, 0.4) is 0 Å². The number of nitriles is 2. The number of rotatable bonds is 5. The highest BCUT2D eigenvalue weighted by atomic mass is 35.5. The van der Waals surface area contributed by atoms with Crippen molar-refractivity contribution in [3.63, 3.8) is 0 Å². The Kier molecular flexibility index (Phi) is 5.53. The third kappa shape index (κ3) is 3.55. The summed E-state index contributed by atoms with van der Waals surface area (Å²) < 4.78 is 1.55. The number of anilines is 1. The minimum atomic E-state index is 0.319. The van der Waals surface area contributed by atoms with Crippen LogP contribution in [0.5, 0.6) is 0 Å². The molecule has 30 heavy (non-hydrogen) atoms. The number of hydrogen-bond acceptors (Lipinski definition) is 7. The molecular formula is C21H14ClN7S. The van der Waals surface area contributed by atoms with Gasteiger partial charge in [-0.15, -0.1) is 16.9 Å². The molecule has 0 aliphatic heterocycles. The summed E-state index contributed by atoms with van der Waals surface area (Å²) in [5.41, 5.74) is 3.43. The minimum absolute atomic E-state index is 0.319. The first-order valence-corrected chi connectivity index (χ1v) is 10.5. The van der Waals surface area contributed by atoms with Crippen molar-refractivity contribution >= 4 is 34.8 Å². The van der Waals surface area contributed by atoms with Gasteiger partial charge in [0.25, 0.3) is 0 Å². The van der Waals surface area contributed by atoms with E-state index in [1.807, 2.05) is 30.5 Å². The highest BCUT2D eigenvalue weighted by molar-refractivity contribution is 7.98. The Morgan fingerprint density at radius 3 is 2.40 bits per heavy atom. The topological polar surface area (TPSA) is 103 Å². The van der Waals surface area contributed by atoms with Crippen molar-refractivity contribution < 1.29 is 0 Å². The van der Waals surface area contributed by atoms with Gasteiger partial charge < -0.3 is 5.32 Å². The van der Waals surface area contributed by atoms with Crippen LogP contribution < -0.4 is 5.32 Å². The molecule has 0 unspecified atom stereocenters. The maximum Gasteiger partial charge on any atom is 0.177 e. The van der Waals surface area contributed by atoms with Crippen molar-refractivity contribution in [3.8, 4) is 23.4 Å². The van der Waals surface area contributed by atoms with Gasteiger partial charge in [-0.3, -0.25) is 4.98 Å². The van der Waals surface area contributed by atoms with Crippen molar-refractivity contribution in [3.05, 3.63) is 70.5 Å². The van der Waals surface area contributed by atoms with Crippen LogP contribution in [0.25, 0.3) is 16.9 Å². The predicted molar refractivity (Wildman–Crippen MR) is 116 cm³/mol. The molecule has 0 amide bonds. The lowest BCUT2D eigenvalue weighted by atomic mass is 10.1. The summed E-state index contributed by atoms with van der Waals surface area (Å²) in [5, 5.41) is 28.6. The number of pyridine rings is 1. The van der Waals surface area contributed by atoms with Gasteiger partial charge in [-0.05, 0) is 36.1 Å². The van der Waals surface area contributed by atoms with E-state index < -0.39 is 0 Å². The molecule has 7 nitrogen and oxygen atoms in total. The van der Waals surface area contributed by atoms with Gasteiger partial charge in [-0.2, -0.15) is 10.5 Å². The van der Waals surface area contributed by atoms with E-state index >= 15 is 0 Å². The summed E-state index contributed by atoms with van der Waals surface area (Å²) in [6.07, 6.45) is 5.25. The van der Waals surface area contributed by atoms with E-state index in [2.05, 4.69) is 32.5 Å². The lowest BCUT2D eigenvalue weighted by molar-refractivity contribution is 0.912. The molecule has 1 aromatic carbocycles. The van der Waals surface area contributed by atoms with Gasteiger partial charge in [-0.25, -0.2) is 9.50 Å². The highest BCUT2D eigenvalue weighted by Crippen LogP contribution is 2.33. The number of aromatic nitrogens is 4. The van der Waals surface area contributed by atoms with Crippen LogP contribution in [-0.2, 0) is 6.54 Å². The van der Waals surface area contributed by atoms with Crippen LogP contribution in [0.2, 0.25) is 5.02 Å². The van der Waals surface area contributed by atoms with Crippen LogP contribution in [0.1, 0.15) is 16.7 Å². The largest absolute Gasteiger partial charge is 0.363 e. The molecule has 146 valence electrons. The van der Waals surface area contributed by atoms with Gasteiger partial charge in [0.2, 0.25) is 0 Å². The van der Waals surface area contributed by atoms with E-state index in [4.69, 9.17) is 11.6 Å². The molecule has 0 bridgehead atoms. The smallest absolute Gasteiger partial charge is 0.177 e. The Morgan fingerprint density at radius 1 is 1.07 bits per heavy atom. The van der Waals surface area contributed by atoms with E-state index in [-0.39, 0.29) is 0 Å². The Labute approximate surface area is 182 Å². The first-order valence-electron chi connectivity index (χ1n) is 8.86. The molecule has 3 aromatic heterocycles. The standard InChI is InChI=1S/C21H14ClN7S/c1-30-21-16(10-23)18(14-2-4-15(22)5-3-14)29-20(27-21)17(11-24)19(28-29)26-12-13-6-8-25-9-7-13/h2-9H,12H2,1H3,(H,26,28). The minimum Gasteiger partial charge on any atom is -0.363 e. The molecule has 3 heterocycles. The van der Waals surface area contributed by atoms with Crippen molar-refractivity contribution in [2.24, 2.45) is 0 Å². The number of halogens is 1. The number of nitrogens with one attached hydrogen (secondary N) is 1. The summed E-state index contributed by atoms with van der Waals surface area (Å²) >= 11 is 7.39. The molecule has 4 aromatic rings. The van der Waals surface area contributed by atoms with Crippen molar-refractivity contribution in [2.45, 2.75) is 11.6 Å². The number of fused-ring (bicyclic) bond motifs is 1. The Bertz CT molecular complexity index is 1300. The fourth-order valence-corrected chi connectivity index (χ4v) is 3.71. The maximum atomic E-state index is 9.83.